The standard InChI is InChI=1S/C13H20N2/c1-3-6-12-7-4-5-8-13(11-12)15-10-9-14-2/h3-8,11,13-15H,9-10H2,1-2H3/b6-3+. The second-order valence-corrected chi connectivity index (χ2v) is 3.49. The second-order valence-electron chi connectivity index (χ2n) is 3.49. The normalized spacial score (nSPS) is 20.7. The lowest BCUT2D eigenvalue weighted by atomic mass is 10.1. The number of nitrogens with one attached hydrogen (secondary N) is 2. The van der Waals surface area contributed by atoms with Crippen molar-refractivity contribution in [3.63, 3.8) is 0 Å². The molecule has 0 aliphatic heterocycles. The van der Waals surface area contributed by atoms with Gasteiger partial charge in [0.2, 0.25) is 0 Å². The van der Waals surface area contributed by atoms with Crippen LogP contribution in [0.2, 0.25) is 0 Å². The summed E-state index contributed by atoms with van der Waals surface area (Å²) in [7, 11) is 1.97. The molecule has 0 saturated carbocycles. The molecule has 2 N–H and O–H groups in total. The molecule has 1 rings (SSSR count). The van der Waals surface area contributed by atoms with Gasteiger partial charge in [-0.2, -0.15) is 0 Å². The van der Waals surface area contributed by atoms with Crippen molar-refractivity contribution >= 4 is 0 Å². The van der Waals surface area contributed by atoms with E-state index in [4.69, 9.17) is 0 Å². The van der Waals surface area contributed by atoms with Crippen LogP contribution in [0.3, 0.4) is 0 Å². The minimum Gasteiger partial charge on any atom is -0.318 e. The molecule has 0 spiro atoms. The maximum Gasteiger partial charge on any atom is 0.0447 e. The van der Waals surface area contributed by atoms with Crippen molar-refractivity contribution in [3.8, 4) is 0 Å². The molecule has 0 bridgehead atoms. The fourth-order valence-corrected chi connectivity index (χ4v) is 1.46. The van der Waals surface area contributed by atoms with Crippen LogP contribution >= 0.6 is 0 Å². The highest BCUT2D eigenvalue weighted by Crippen LogP contribution is 2.07. The molecule has 1 aliphatic rings. The maximum atomic E-state index is 3.45. The molecule has 0 heterocycles. The highest BCUT2D eigenvalue weighted by Gasteiger charge is 2.01. The summed E-state index contributed by atoms with van der Waals surface area (Å²) in [5.41, 5.74) is 1.25. The Labute approximate surface area is 92.5 Å². The van der Waals surface area contributed by atoms with E-state index in [1.54, 1.807) is 0 Å². The highest BCUT2D eigenvalue weighted by atomic mass is 14.9. The molecule has 0 aromatic heterocycles. The smallest absolute Gasteiger partial charge is 0.0447 e. The second kappa shape index (κ2) is 7.21. The lowest BCUT2D eigenvalue weighted by molar-refractivity contribution is 0.638. The number of hydrogen-bond donors (Lipinski definition) is 2. The van der Waals surface area contributed by atoms with Gasteiger partial charge in [0.05, 0.1) is 0 Å². The predicted molar refractivity (Wildman–Crippen MR) is 66.9 cm³/mol. The molecule has 2 nitrogen and oxygen atoms in total. The lowest BCUT2D eigenvalue weighted by Gasteiger charge is -2.10. The lowest BCUT2D eigenvalue weighted by Crippen LogP contribution is -2.31. The largest absolute Gasteiger partial charge is 0.318 e. The van der Waals surface area contributed by atoms with E-state index in [-0.39, 0.29) is 0 Å². The van der Waals surface area contributed by atoms with Gasteiger partial charge in [-0.1, -0.05) is 42.5 Å². The Kier molecular flexibility index (Phi) is 5.74. The molecule has 82 valence electrons. The Morgan fingerprint density at radius 2 is 2.20 bits per heavy atom. The van der Waals surface area contributed by atoms with Crippen molar-refractivity contribution in [2.24, 2.45) is 0 Å². The van der Waals surface area contributed by atoms with Gasteiger partial charge in [0.1, 0.15) is 0 Å². The molecular weight excluding hydrogens is 184 g/mol. The van der Waals surface area contributed by atoms with Crippen molar-refractivity contribution in [1.29, 1.82) is 0 Å². The third-order valence-electron chi connectivity index (χ3n) is 2.20. The summed E-state index contributed by atoms with van der Waals surface area (Å²) in [6.45, 7) is 4.01. The van der Waals surface area contributed by atoms with E-state index < -0.39 is 0 Å². The summed E-state index contributed by atoms with van der Waals surface area (Å²) in [6, 6.07) is 0.333. The van der Waals surface area contributed by atoms with Gasteiger partial charge in [-0.3, -0.25) is 0 Å². The van der Waals surface area contributed by atoms with Crippen molar-refractivity contribution < 1.29 is 0 Å². The molecule has 1 aliphatic carbocycles. The van der Waals surface area contributed by atoms with Gasteiger partial charge in [-0.25, -0.2) is 0 Å². The zero-order chi connectivity index (χ0) is 10.9. The van der Waals surface area contributed by atoms with Crippen LogP contribution in [0.25, 0.3) is 0 Å². The molecule has 2 heteroatoms. The Balaban J connectivity index is 2.52. The van der Waals surface area contributed by atoms with Crippen LogP contribution in [0.15, 0.2) is 48.1 Å². The van der Waals surface area contributed by atoms with Crippen LogP contribution in [0.1, 0.15) is 6.92 Å². The van der Waals surface area contributed by atoms with Gasteiger partial charge in [0.15, 0.2) is 0 Å². The quantitative estimate of drug-likeness (QED) is 0.667. The number of hydrogen-bond acceptors (Lipinski definition) is 2. The first kappa shape index (κ1) is 12.0. The third-order valence-corrected chi connectivity index (χ3v) is 2.20. The van der Waals surface area contributed by atoms with Gasteiger partial charge in [0, 0.05) is 19.1 Å². The molecular formula is C13H20N2. The van der Waals surface area contributed by atoms with E-state index >= 15 is 0 Å². The molecule has 1 unspecified atom stereocenters. The van der Waals surface area contributed by atoms with Crippen LogP contribution in [-0.2, 0) is 0 Å². The van der Waals surface area contributed by atoms with Gasteiger partial charge in [-0.05, 0) is 19.5 Å². The average molecular weight is 204 g/mol. The van der Waals surface area contributed by atoms with E-state index in [2.05, 4.69) is 53.2 Å². The maximum absolute atomic E-state index is 3.45. The van der Waals surface area contributed by atoms with E-state index in [0.717, 1.165) is 13.1 Å². The van der Waals surface area contributed by atoms with E-state index in [9.17, 15) is 0 Å². The molecule has 0 aromatic rings. The minimum atomic E-state index is 0.333. The molecule has 0 radical (unpaired) electrons. The summed E-state index contributed by atoms with van der Waals surface area (Å²) in [5, 5.41) is 6.57. The van der Waals surface area contributed by atoms with Crippen molar-refractivity contribution in [1.82, 2.24) is 10.6 Å². The van der Waals surface area contributed by atoms with Crippen molar-refractivity contribution in [3.05, 3.63) is 48.1 Å². The van der Waals surface area contributed by atoms with Crippen molar-refractivity contribution in [2.45, 2.75) is 13.0 Å². The third kappa shape index (κ3) is 4.77. The summed E-state index contributed by atoms with van der Waals surface area (Å²) in [5.74, 6) is 0. The number of rotatable bonds is 5. The van der Waals surface area contributed by atoms with Crippen LogP contribution in [0.4, 0.5) is 0 Å². The Bertz CT molecular complexity index is 285. The fourth-order valence-electron chi connectivity index (χ4n) is 1.46. The van der Waals surface area contributed by atoms with Crippen LogP contribution in [0.5, 0.6) is 0 Å². The molecule has 0 aromatic carbocycles. The van der Waals surface area contributed by atoms with Gasteiger partial charge in [-0.15, -0.1) is 0 Å². The molecule has 15 heavy (non-hydrogen) atoms. The molecule has 0 amide bonds. The predicted octanol–water partition coefficient (Wildman–Crippen LogP) is 1.79. The molecule has 0 saturated heterocycles. The Morgan fingerprint density at radius 1 is 1.33 bits per heavy atom. The monoisotopic (exact) mass is 204 g/mol. The first-order valence-electron chi connectivity index (χ1n) is 5.44. The Morgan fingerprint density at radius 3 is 2.93 bits per heavy atom. The SMILES string of the molecule is C/C=C/C1=CC(NCCNC)C=CC=C1. The summed E-state index contributed by atoms with van der Waals surface area (Å²) in [4.78, 5) is 0. The molecule has 1 atom stereocenters. The van der Waals surface area contributed by atoms with E-state index in [1.165, 1.54) is 5.57 Å². The number of likely N-dealkylation sites (N-methyl/N-ethyl adjacent to an activating group) is 1. The first-order valence-corrected chi connectivity index (χ1v) is 5.44. The number of allylic oxidation sites excluding steroid dienone is 6. The van der Waals surface area contributed by atoms with E-state index in [0.29, 0.717) is 6.04 Å². The topological polar surface area (TPSA) is 24.1 Å². The first-order chi connectivity index (χ1) is 7.36. The van der Waals surface area contributed by atoms with Crippen LogP contribution in [-0.4, -0.2) is 26.2 Å². The average Bonchev–Trinajstić information content (AvgIpc) is 2.45. The Hall–Kier alpha value is -1.12. The summed E-state index contributed by atoms with van der Waals surface area (Å²) < 4.78 is 0. The summed E-state index contributed by atoms with van der Waals surface area (Å²) in [6.07, 6.45) is 14.9. The van der Waals surface area contributed by atoms with E-state index in [1.807, 2.05) is 14.0 Å². The van der Waals surface area contributed by atoms with Crippen LogP contribution < -0.4 is 10.6 Å². The van der Waals surface area contributed by atoms with Gasteiger partial charge >= 0.3 is 0 Å². The zero-order valence-electron chi connectivity index (χ0n) is 9.53. The zero-order valence-corrected chi connectivity index (χ0v) is 9.53. The fraction of sp³-hybridized carbons (Fsp3) is 0.385. The van der Waals surface area contributed by atoms with Crippen LogP contribution in [0, 0.1) is 0 Å². The minimum absolute atomic E-state index is 0.333. The highest BCUT2D eigenvalue weighted by molar-refractivity contribution is 5.37. The summed E-state index contributed by atoms with van der Waals surface area (Å²) >= 11 is 0. The van der Waals surface area contributed by atoms with Gasteiger partial charge in [0.25, 0.3) is 0 Å². The van der Waals surface area contributed by atoms with Gasteiger partial charge < -0.3 is 10.6 Å². The molecule has 0 fully saturated rings. The van der Waals surface area contributed by atoms with Crippen molar-refractivity contribution in [2.75, 3.05) is 20.1 Å².